The molecule has 1 heterocycles. The number of rotatable bonds is 7. The van der Waals surface area contributed by atoms with E-state index in [0.717, 1.165) is 16.8 Å². The number of methoxy groups -OCH3 is 1. The SMILES string of the molecule is COc1ccccc1-c1nnc(SCC(=O)Nc2ccccc2Cl)n1-c1ccc(C)cc1. The monoisotopic (exact) mass is 464 g/mol. The van der Waals surface area contributed by atoms with Crippen LogP contribution in [0, 0.1) is 6.92 Å². The number of carbonyl (C=O) groups excluding carboxylic acids is 1. The van der Waals surface area contributed by atoms with Crippen LogP contribution in [0.1, 0.15) is 5.56 Å². The van der Waals surface area contributed by atoms with Crippen molar-refractivity contribution in [2.75, 3.05) is 18.2 Å². The number of aromatic nitrogens is 3. The van der Waals surface area contributed by atoms with Crippen molar-refractivity contribution in [1.29, 1.82) is 0 Å². The summed E-state index contributed by atoms with van der Waals surface area (Å²) in [4.78, 5) is 12.5. The predicted octanol–water partition coefficient (Wildman–Crippen LogP) is 5.64. The Kier molecular flexibility index (Phi) is 6.78. The largest absolute Gasteiger partial charge is 0.496 e. The molecule has 0 radical (unpaired) electrons. The van der Waals surface area contributed by atoms with Gasteiger partial charge in [-0.15, -0.1) is 10.2 Å². The molecule has 32 heavy (non-hydrogen) atoms. The fourth-order valence-electron chi connectivity index (χ4n) is 3.17. The fraction of sp³-hybridized carbons (Fsp3) is 0.125. The normalized spacial score (nSPS) is 10.7. The second-order valence-electron chi connectivity index (χ2n) is 6.99. The van der Waals surface area contributed by atoms with Crippen molar-refractivity contribution in [1.82, 2.24) is 14.8 Å². The molecule has 0 saturated heterocycles. The van der Waals surface area contributed by atoms with Crippen LogP contribution >= 0.6 is 23.4 Å². The molecule has 1 amide bonds. The van der Waals surface area contributed by atoms with Gasteiger partial charge in [-0.25, -0.2) is 0 Å². The Labute approximate surface area is 195 Å². The summed E-state index contributed by atoms with van der Waals surface area (Å²) in [5.74, 6) is 1.31. The van der Waals surface area contributed by atoms with Gasteiger partial charge in [0.25, 0.3) is 0 Å². The number of halogens is 1. The van der Waals surface area contributed by atoms with E-state index in [1.807, 2.05) is 72.2 Å². The quantitative estimate of drug-likeness (QED) is 0.359. The number of benzene rings is 3. The van der Waals surface area contributed by atoms with Crippen molar-refractivity contribution >= 4 is 35.0 Å². The third kappa shape index (κ3) is 4.79. The molecule has 0 atom stereocenters. The molecule has 4 rings (SSSR count). The fourth-order valence-corrected chi connectivity index (χ4v) is 4.11. The number of aryl methyl sites for hydroxylation is 1. The Hall–Kier alpha value is -3.29. The van der Waals surface area contributed by atoms with Crippen molar-refractivity contribution in [3.8, 4) is 22.8 Å². The highest BCUT2D eigenvalue weighted by atomic mass is 35.5. The van der Waals surface area contributed by atoms with Crippen LogP contribution in [0.2, 0.25) is 5.02 Å². The molecule has 0 fully saturated rings. The van der Waals surface area contributed by atoms with Gasteiger partial charge in [-0.3, -0.25) is 9.36 Å². The van der Waals surface area contributed by atoms with Gasteiger partial charge in [-0.2, -0.15) is 0 Å². The van der Waals surface area contributed by atoms with Crippen LogP contribution in [0.5, 0.6) is 5.75 Å². The average molecular weight is 465 g/mol. The first-order chi connectivity index (χ1) is 15.6. The van der Waals surface area contributed by atoms with Crippen molar-refractivity contribution in [2.24, 2.45) is 0 Å². The minimum Gasteiger partial charge on any atom is -0.496 e. The molecule has 8 heteroatoms. The maximum Gasteiger partial charge on any atom is 0.234 e. The molecule has 0 bridgehead atoms. The Morgan fingerprint density at radius 1 is 1.03 bits per heavy atom. The van der Waals surface area contributed by atoms with Crippen LogP contribution in [0.25, 0.3) is 17.1 Å². The number of anilines is 1. The zero-order valence-electron chi connectivity index (χ0n) is 17.6. The van der Waals surface area contributed by atoms with Crippen molar-refractivity contribution < 1.29 is 9.53 Å². The van der Waals surface area contributed by atoms with E-state index in [1.165, 1.54) is 11.8 Å². The lowest BCUT2D eigenvalue weighted by molar-refractivity contribution is -0.113. The number of nitrogens with one attached hydrogen (secondary N) is 1. The molecule has 4 aromatic rings. The van der Waals surface area contributed by atoms with E-state index >= 15 is 0 Å². The van der Waals surface area contributed by atoms with Gasteiger partial charge < -0.3 is 10.1 Å². The zero-order chi connectivity index (χ0) is 22.5. The minimum atomic E-state index is -0.180. The van der Waals surface area contributed by atoms with Crippen LogP contribution in [0.4, 0.5) is 5.69 Å². The van der Waals surface area contributed by atoms with Crippen molar-refractivity contribution in [3.05, 3.63) is 83.4 Å². The topological polar surface area (TPSA) is 69.0 Å². The molecule has 3 aromatic carbocycles. The number of carbonyl (C=O) groups is 1. The molecule has 0 saturated carbocycles. The number of thioether (sulfide) groups is 1. The molecule has 0 spiro atoms. The van der Waals surface area contributed by atoms with E-state index in [1.54, 1.807) is 19.2 Å². The summed E-state index contributed by atoms with van der Waals surface area (Å²) in [5.41, 5.74) is 3.44. The van der Waals surface area contributed by atoms with E-state index in [-0.39, 0.29) is 11.7 Å². The summed E-state index contributed by atoms with van der Waals surface area (Å²) in [6.07, 6.45) is 0. The Morgan fingerprint density at radius 3 is 2.50 bits per heavy atom. The lowest BCUT2D eigenvalue weighted by atomic mass is 10.1. The number of nitrogens with zero attached hydrogens (tertiary/aromatic N) is 3. The summed E-state index contributed by atoms with van der Waals surface area (Å²) < 4.78 is 7.47. The highest BCUT2D eigenvalue weighted by Crippen LogP contribution is 2.33. The van der Waals surface area contributed by atoms with E-state index in [4.69, 9.17) is 16.3 Å². The van der Waals surface area contributed by atoms with E-state index < -0.39 is 0 Å². The van der Waals surface area contributed by atoms with Gasteiger partial charge >= 0.3 is 0 Å². The molecule has 0 aliphatic rings. The molecule has 0 aliphatic heterocycles. The third-order valence-electron chi connectivity index (χ3n) is 4.75. The first-order valence-corrected chi connectivity index (χ1v) is 11.3. The average Bonchev–Trinajstić information content (AvgIpc) is 3.23. The van der Waals surface area contributed by atoms with E-state index in [2.05, 4.69) is 15.5 Å². The van der Waals surface area contributed by atoms with Gasteiger partial charge in [0, 0.05) is 5.69 Å². The maximum atomic E-state index is 12.5. The highest BCUT2D eigenvalue weighted by molar-refractivity contribution is 7.99. The van der Waals surface area contributed by atoms with Crippen LogP contribution in [-0.2, 0) is 4.79 Å². The number of para-hydroxylation sites is 2. The molecule has 0 unspecified atom stereocenters. The lowest BCUT2D eigenvalue weighted by Crippen LogP contribution is -2.14. The summed E-state index contributed by atoms with van der Waals surface area (Å²) in [5, 5.41) is 12.7. The predicted molar refractivity (Wildman–Crippen MR) is 129 cm³/mol. The van der Waals surface area contributed by atoms with Crippen LogP contribution < -0.4 is 10.1 Å². The molecule has 6 nitrogen and oxygen atoms in total. The highest BCUT2D eigenvalue weighted by Gasteiger charge is 2.20. The van der Waals surface area contributed by atoms with Crippen LogP contribution in [0.3, 0.4) is 0 Å². The first-order valence-electron chi connectivity index (χ1n) is 9.90. The van der Waals surface area contributed by atoms with Crippen LogP contribution in [-0.4, -0.2) is 33.5 Å². The zero-order valence-corrected chi connectivity index (χ0v) is 19.2. The van der Waals surface area contributed by atoms with E-state index in [0.29, 0.717) is 27.4 Å². The number of amides is 1. The first kappa shape index (κ1) is 21.9. The molecule has 1 N–H and O–H groups in total. The van der Waals surface area contributed by atoms with Gasteiger partial charge in [0.2, 0.25) is 5.91 Å². The van der Waals surface area contributed by atoms with Gasteiger partial charge in [-0.05, 0) is 43.3 Å². The standard InChI is InChI=1S/C24H21ClN4O2S/c1-16-11-13-17(14-12-16)29-23(18-7-3-6-10-21(18)31-2)27-28-24(29)32-15-22(30)26-20-9-5-4-8-19(20)25/h3-14H,15H2,1-2H3,(H,26,30). The Bertz CT molecular complexity index is 1240. The molecule has 162 valence electrons. The minimum absolute atomic E-state index is 0.154. The Balaban J connectivity index is 1.65. The number of ether oxygens (including phenoxy) is 1. The van der Waals surface area contributed by atoms with E-state index in [9.17, 15) is 4.79 Å². The molecular formula is C24H21ClN4O2S. The summed E-state index contributed by atoms with van der Waals surface area (Å²) in [7, 11) is 1.63. The van der Waals surface area contributed by atoms with Gasteiger partial charge in [-0.1, -0.05) is 65.3 Å². The summed E-state index contributed by atoms with van der Waals surface area (Å²) in [6, 6.07) is 22.9. The van der Waals surface area contributed by atoms with Gasteiger partial charge in [0.15, 0.2) is 11.0 Å². The molecule has 0 aliphatic carbocycles. The summed E-state index contributed by atoms with van der Waals surface area (Å²) >= 11 is 7.45. The lowest BCUT2D eigenvalue weighted by Gasteiger charge is -2.13. The van der Waals surface area contributed by atoms with Crippen LogP contribution in [0.15, 0.2) is 78.0 Å². The number of hydrogen-bond acceptors (Lipinski definition) is 5. The number of hydrogen-bond donors (Lipinski definition) is 1. The van der Waals surface area contributed by atoms with Crippen molar-refractivity contribution in [2.45, 2.75) is 12.1 Å². The Morgan fingerprint density at radius 2 is 1.75 bits per heavy atom. The second-order valence-corrected chi connectivity index (χ2v) is 8.34. The molecule has 1 aromatic heterocycles. The van der Waals surface area contributed by atoms with Gasteiger partial charge in [0.05, 0.1) is 29.1 Å². The molecular weight excluding hydrogens is 444 g/mol. The smallest absolute Gasteiger partial charge is 0.234 e. The maximum absolute atomic E-state index is 12.5. The van der Waals surface area contributed by atoms with Crippen molar-refractivity contribution in [3.63, 3.8) is 0 Å². The second kappa shape index (κ2) is 9.89. The van der Waals surface area contributed by atoms with Gasteiger partial charge in [0.1, 0.15) is 5.75 Å². The third-order valence-corrected chi connectivity index (χ3v) is 6.01. The summed E-state index contributed by atoms with van der Waals surface area (Å²) in [6.45, 7) is 2.03.